The molecular formula is C24H27N3O5. The Bertz CT molecular complexity index is 1210. The molecule has 1 aliphatic rings. The average Bonchev–Trinajstić information content (AvgIpc) is 3.14. The lowest BCUT2D eigenvalue weighted by molar-refractivity contribution is -0.143. The summed E-state index contributed by atoms with van der Waals surface area (Å²) in [5.74, 6) is 1.68. The van der Waals surface area contributed by atoms with Crippen LogP contribution in [0.15, 0.2) is 47.7 Å². The molecule has 8 heteroatoms. The number of fused-ring (bicyclic) bond motifs is 3. The van der Waals surface area contributed by atoms with Gasteiger partial charge < -0.3 is 24.3 Å². The zero-order valence-electron chi connectivity index (χ0n) is 19.1. The Morgan fingerprint density at radius 2 is 1.75 bits per heavy atom. The minimum atomic E-state index is -0.556. The van der Waals surface area contributed by atoms with Crippen LogP contribution < -0.4 is 19.5 Å². The molecule has 2 heterocycles. The Labute approximate surface area is 186 Å². The van der Waals surface area contributed by atoms with E-state index in [1.54, 1.807) is 27.4 Å². The van der Waals surface area contributed by atoms with Gasteiger partial charge in [-0.1, -0.05) is 12.1 Å². The third-order valence-corrected chi connectivity index (χ3v) is 5.42. The van der Waals surface area contributed by atoms with Crippen molar-refractivity contribution in [2.75, 3.05) is 26.6 Å². The molecule has 168 valence electrons. The van der Waals surface area contributed by atoms with Crippen molar-refractivity contribution in [1.29, 1.82) is 0 Å². The van der Waals surface area contributed by atoms with E-state index < -0.39 is 12.0 Å². The van der Waals surface area contributed by atoms with Gasteiger partial charge in [0.05, 0.1) is 50.1 Å². The fraction of sp³-hybridized carbons (Fsp3) is 0.333. The Hall–Kier alpha value is -3.68. The molecule has 8 nitrogen and oxygen atoms in total. The normalized spacial score (nSPS) is 15.4. The summed E-state index contributed by atoms with van der Waals surface area (Å²) in [6.45, 7) is 5.50. The van der Waals surface area contributed by atoms with Crippen LogP contribution in [0.3, 0.4) is 0 Å². The lowest BCUT2D eigenvalue weighted by Gasteiger charge is -2.31. The van der Waals surface area contributed by atoms with Crippen molar-refractivity contribution in [3.8, 4) is 17.2 Å². The number of hydrogen-bond donors (Lipinski definition) is 1. The smallest absolute Gasteiger partial charge is 0.338 e. The van der Waals surface area contributed by atoms with Gasteiger partial charge in [0.1, 0.15) is 0 Å². The number of methoxy groups -OCH3 is 3. The lowest BCUT2D eigenvalue weighted by atomic mass is 9.93. The number of allylic oxidation sites excluding steroid dienone is 1. The van der Waals surface area contributed by atoms with Crippen LogP contribution in [0.2, 0.25) is 0 Å². The summed E-state index contributed by atoms with van der Waals surface area (Å²) >= 11 is 0. The Morgan fingerprint density at radius 1 is 1.03 bits per heavy atom. The van der Waals surface area contributed by atoms with Crippen molar-refractivity contribution in [2.45, 2.75) is 32.9 Å². The molecule has 0 unspecified atom stereocenters. The summed E-state index contributed by atoms with van der Waals surface area (Å²) in [5.41, 5.74) is 3.55. The Morgan fingerprint density at radius 3 is 2.41 bits per heavy atom. The van der Waals surface area contributed by atoms with Crippen LogP contribution in [0.5, 0.6) is 17.2 Å². The van der Waals surface area contributed by atoms with Gasteiger partial charge >= 0.3 is 5.97 Å². The Balaban J connectivity index is 2.04. The number of esters is 1. The highest BCUT2D eigenvalue weighted by molar-refractivity contribution is 5.94. The number of carbonyl (C=O) groups is 1. The number of carbonyl (C=O) groups excluding carboxylic acids is 1. The van der Waals surface area contributed by atoms with Crippen molar-refractivity contribution >= 4 is 23.0 Å². The molecule has 4 rings (SSSR count). The van der Waals surface area contributed by atoms with Crippen LogP contribution in [0, 0.1) is 0 Å². The monoisotopic (exact) mass is 437 g/mol. The largest absolute Gasteiger partial charge is 0.493 e. The Kier molecular flexibility index (Phi) is 5.69. The van der Waals surface area contributed by atoms with Crippen molar-refractivity contribution in [2.24, 2.45) is 0 Å². The predicted molar refractivity (Wildman–Crippen MR) is 122 cm³/mol. The highest BCUT2D eigenvalue weighted by atomic mass is 16.5. The lowest BCUT2D eigenvalue weighted by Crippen LogP contribution is -2.30. The van der Waals surface area contributed by atoms with Crippen LogP contribution in [-0.4, -0.2) is 43.0 Å². The van der Waals surface area contributed by atoms with E-state index >= 15 is 0 Å². The van der Waals surface area contributed by atoms with Gasteiger partial charge in [0, 0.05) is 11.3 Å². The molecule has 1 N–H and O–H groups in total. The molecule has 0 bridgehead atoms. The van der Waals surface area contributed by atoms with E-state index in [4.69, 9.17) is 23.9 Å². The van der Waals surface area contributed by atoms with Gasteiger partial charge in [-0.3, -0.25) is 4.57 Å². The standard InChI is InChI=1S/C24H27N3O5/c1-13(2)32-23(28)19-14(3)25-24-26-16-9-7-8-10-17(16)27(24)20(19)15-11-12-18(29-4)22(31-6)21(15)30-5/h7-13,20H,1-6H3,(H,25,26)/t20-/m0/s1. The summed E-state index contributed by atoms with van der Waals surface area (Å²) in [7, 11) is 4.69. The van der Waals surface area contributed by atoms with Crippen LogP contribution >= 0.6 is 0 Å². The molecule has 0 spiro atoms. The van der Waals surface area contributed by atoms with E-state index in [1.807, 2.05) is 55.7 Å². The van der Waals surface area contributed by atoms with E-state index in [2.05, 4.69) is 5.32 Å². The van der Waals surface area contributed by atoms with Gasteiger partial charge in [-0.15, -0.1) is 0 Å². The van der Waals surface area contributed by atoms with Gasteiger partial charge in [-0.05, 0) is 45.0 Å². The third kappa shape index (κ3) is 3.41. The van der Waals surface area contributed by atoms with Crippen LogP contribution in [0.1, 0.15) is 32.4 Å². The van der Waals surface area contributed by atoms with E-state index in [1.165, 1.54) is 0 Å². The van der Waals surface area contributed by atoms with Crippen LogP contribution in [-0.2, 0) is 9.53 Å². The first-order chi connectivity index (χ1) is 15.4. The van der Waals surface area contributed by atoms with Gasteiger partial charge in [-0.25, -0.2) is 9.78 Å². The minimum Gasteiger partial charge on any atom is -0.493 e. The van der Waals surface area contributed by atoms with Crippen LogP contribution in [0.4, 0.5) is 5.95 Å². The summed E-state index contributed by atoms with van der Waals surface area (Å²) in [4.78, 5) is 18.0. The number of hydrogen-bond acceptors (Lipinski definition) is 7. The van der Waals surface area contributed by atoms with Crippen molar-refractivity contribution in [3.05, 3.63) is 53.2 Å². The number of aromatic nitrogens is 2. The quantitative estimate of drug-likeness (QED) is 0.576. The molecule has 1 aliphatic heterocycles. The predicted octanol–water partition coefficient (Wildman–Crippen LogP) is 4.30. The molecule has 0 saturated heterocycles. The number of rotatable bonds is 6. The van der Waals surface area contributed by atoms with Crippen molar-refractivity contribution in [1.82, 2.24) is 9.55 Å². The minimum absolute atomic E-state index is 0.267. The fourth-order valence-corrected chi connectivity index (χ4v) is 4.14. The number of benzene rings is 2. The molecular weight excluding hydrogens is 410 g/mol. The van der Waals surface area contributed by atoms with Crippen molar-refractivity contribution < 1.29 is 23.7 Å². The SMILES string of the molecule is COc1ccc([C@H]2C(C(=O)OC(C)C)=C(C)Nc3nc4ccccc4n32)c(OC)c1OC. The molecule has 0 aliphatic carbocycles. The second kappa shape index (κ2) is 8.45. The third-order valence-electron chi connectivity index (χ3n) is 5.42. The first kappa shape index (κ1) is 21.5. The summed E-state index contributed by atoms with van der Waals surface area (Å²) in [6.07, 6.45) is -0.267. The highest BCUT2D eigenvalue weighted by Gasteiger charge is 2.38. The molecule has 2 aromatic carbocycles. The maximum Gasteiger partial charge on any atom is 0.338 e. The van der Waals surface area contributed by atoms with E-state index in [-0.39, 0.29) is 6.10 Å². The van der Waals surface area contributed by atoms with E-state index in [0.717, 1.165) is 16.6 Å². The molecule has 1 aromatic heterocycles. The topological polar surface area (TPSA) is 83.8 Å². The number of para-hydroxylation sites is 2. The molecule has 0 fully saturated rings. The summed E-state index contributed by atoms with van der Waals surface area (Å²) < 4.78 is 24.5. The second-order valence-electron chi connectivity index (χ2n) is 7.74. The second-order valence-corrected chi connectivity index (χ2v) is 7.74. The van der Waals surface area contributed by atoms with E-state index in [0.29, 0.717) is 34.5 Å². The highest BCUT2D eigenvalue weighted by Crippen LogP contribution is 2.48. The molecule has 0 amide bonds. The molecule has 3 aromatic rings. The average molecular weight is 437 g/mol. The molecule has 0 radical (unpaired) electrons. The zero-order valence-corrected chi connectivity index (χ0v) is 19.1. The molecule has 1 atom stereocenters. The first-order valence-corrected chi connectivity index (χ1v) is 10.4. The maximum absolute atomic E-state index is 13.3. The van der Waals surface area contributed by atoms with Gasteiger partial charge in [-0.2, -0.15) is 0 Å². The van der Waals surface area contributed by atoms with Gasteiger partial charge in [0.25, 0.3) is 0 Å². The fourth-order valence-electron chi connectivity index (χ4n) is 4.14. The van der Waals surface area contributed by atoms with E-state index in [9.17, 15) is 4.79 Å². The number of ether oxygens (including phenoxy) is 4. The van der Waals surface area contributed by atoms with Crippen molar-refractivity contribution in [3.63, 3.8) is 0 Å². The number of anilines is 1. The van der Waals surface area contributed by atoms with Gasteiger partial charge in [0.2, 0.25) is 11.7 Å². The van der Waals surface area contributed by atoms with Gasteiger partial charge in [0.15, 0.2) is 11.5 Å². The van der Waals surface area contributed by atoms with Crippen LogP contribution in [0.25, 0.3) is 11.0 Å². The summed E-state index contributed by atoms with van der Waals surface area (Å²) in [5, 5.41) is 3.28. The molecule has 0 saturated carbocycles. The number of nitrogens with one attached hydrogen (secondary N) is 1. The zero-order chi connectivity index (χ0) is 23.0. The number of imidazole rings is 1. The summed E-state index contributed by atoms with van der Waals surface area (Å²) in [6, 6.07) is 10.9. The number of nitrogens with zero attached hydrogens (tertiary/aromatic N) is 2. The molecule has 32 heavy (non-hydrogen) atoms. The first-order valence-electron chi connectivity index (χ1n) is 10.4. The maximum atomic E-state index is 13.3.